The summed E-state index contributed by atoms with van der Waals surface area (Å²) in [7, 11) is 0. The van der Waals surface area contributed by atoms with Gasteiger partial charge in [0.25, 0.3) is 11.8 Å². The number of aromatic nitrogens is 1. The summed E-state index contributed by atoms with van der Waals surface area (Å²) in [6.07, 6.45) is 0. The van der Waals surface area contributed by atoms with Crippen molar-refractivity contribution in [1.29, 1.82) is 0 Å². The topological polar surface area (TPSA) is 45.6 Å². The molecule has 0 aliphatic carbocycles. The molecule has 0 radical (unpaired) electrons. The molecule has 3 aromatic rings. The molecule has 146 valence electrons. The largest absolute Gasteiger partial charge is 0.334 e. The number of hydrogen-bond acceptors (Lipinski definition) is 3. The maximum absolute atomic E-state index is 13.1. The van der Waals surface area contributed by atoms with Crippen molar-refractivity contribution in [2.75, 3.05) is 19.6 Å². The number of benzene rings is 1. The van der Waals surface area contributed by atoms with Crippen molar-refractivity contribution < 1.29 is 14.0 Å². The number of piperazine rings is 1. The minimum absolute atomic E-state index is 0.00554. The van der Waals surface area contributed by atoms with Gasteiger partial charge in [0.1, 0.15) is 16.3 Å². The number of rotatable bonds is 3. The number of carbonyl (C=O) groups excluding carboxylic acids is 2. The molecule has 4 rings (SSSR count). The van der Waals surface area contributed by atoms with E-state index >= 15 is 0 Å². The average molecular weight is 399 g/mol. The van der Waals surface area contributed by atoms with E-state index in [0.29, 0.717) is 30.9 Å². The van der Waals surface area contributed by atoms with Gasteiger partial charge in [0, 0.05) is 43.2 Å². The fourth-order valence-electron chi connectivity index (χ4n) is 3.83. The standard InChI is InChI=1S/C21H22FN3O2S/c1-3-24-18(12-16-8-11-28-21(16)24)20(27)23-9-10-25(14(2)13-23)19(26)15-4-6-17(22)7-5-15/h4-8,11-12,14H,3,9-10,13H2,1-2H3/t14-/m1/s1. The van der Waals surface area contributed by atoms with E-state index in [1.165, 1.54) is 24.3 Å². The third-order valence-electron chi connectivity index (χ3n) is 5.30. The van der Waals surface area contributed by atoms with E-state index < -0.39 is 0 Å². The van der Waals surface area contributed by atoms with Gasteiger partial charge >= 0.3 is 0 Å². The quantitative estimate of drug-likeness (QED) is 0.672. The monoisotopic (exact) mass is 399 g/mol. The maximum atomic E-state index is 13.1. The zero-order chi connectivity index (χ0) is 19.8. The van der Waals surface area contributed by atoms with Crippen LogP contribution in [0, 0.1) is 5.82 Å². The van der Waals surface area contributed by atoms with Crippen LogP contribution in [-0.2, 0) is 6.54 Å². The number of hydrogen-bond donors (Lipinski definition) is 0. The molecule has 7 heteroatoms. The van der Waals surface area contributed by atoms with Gasteiger partial charge in [-0.25, -0.2) is 4.39 Å². The first-order valence-corrected chi connectivity index (χ1v) is 10.3. The molecule has 2 amide bonds. The van der Waals surface area contributed by atoms with Crippen LogP contribution in [0.15, 0.2) is 41.8 Å². The lowest BCUT2D eigenvalue weighted by Crippen LogP contribution is -2.55. The molecule has 2 aromatic heterocycles. The van der Waals surface area contributed by atoms with Crippen LogP contribution in [0.5, 0.6) is 0 Å². The van der Waals surface area contributed by atoms with Gasteiger partial charge in [-0.1, -0.05) is 0 Å². The van der Waals surface area contributed by atoms with Crippen LogP contribution < -0.4 is 0 Å². The Morgan fingerprint density at radius 1 is 1.14 bits per heavy atom. The second-order valence-corrected chi connectivity index (χ2v) is 7.96. The molecule has 0 saturated carbocycles. The first-order valence-electron chi connectivity index (χ1n) is 9.42. The van der Waals surface area contributed by atoms with Gasteiger partial charge in [-0.15, -0.1) is 11.3 Å². The molecule has 0 bridgehead atoms. The zero-order valence-electron chi connectivity index (χ0n) is 15.9. The van der Waals surface area contributed by atoms with E-state index in [-0.39, 0.29) is 23.7 Å². The minimum atomic E-state index is -0.362. The van der Waals surface area contributed by atoms with Crippen LogP contribution in [-0.4, -0.2) is 51.9 Å². The summed E-state index contributed by atoms with van der Waals surface area (Å²) in [5, 5.41) is 3.13. The molecule has 3 heterocycles. The first kappa shape index (κ1) is 18.7. The van der Waals surface area contributed by atoms with Crippen LogP contribution in [0.25, 0.3) is 10.2 Å². The normalized spacial score (nSPS) is 17.3. The molecule has 0 spiro atoms. The molecular weight excluding hydrogens is 377 g/mol. The lowest BCUT2D eigenvalue weighted by atomic mass is 10.1. The van der Waals surface area contributed by atoms with Gasteiger partial charge in [0.05, 0.1) is 0 Å². The lowest BCUT2D eigenvalue weighted by Gasteiger charge is -2.40. The third kappa shape index (κ3) is 3.20. The highest BCUT2D eigenvalue weighted by atomic mass is 32.1. The van der Waals surface area contributed by atoms with Crippen LogP contribution in [0.2, 0.25) is 0 Å². The minimum Gasteiger partial charge on any atom is -0.334 e. The van der Waals surface area contributed by atoms with E-state index in [0.717, 1.165) is 16.8 Å². The number of halogens is 1. The number of fused-ring (bicyclic) bond motifs is 1. The van der Waals surface area contributed by atoms with Crippen molar-refractivity contribution in [3.05, 3.63) is 58.9 Å². The molecule has 1 atom stereocenters. The highest BCUT2D eigenvalue weighted by Crippen LogP contribution is 2.27. The fourth-order valence-corrected chi connectivity index (χ4v) is 4.79. The van der Waals surface area contributed by atoms with Crippen molar-refractivity contribution in [1.82, 2.24) is 14.4 Å². The molecule has 1 fully saturated rings. The maximum Gasteiger partial charge on any atom is 0.270 e. The number of amides is 2. The predicted octanol–water partition coefficient (Wildman–Crippen LogP) is 3.85. The number of thiophene rings is 1. The Morgan fingerprint density at radius 2 is 1.89 bits per heavy atom. The molecule has 1 aromatic carbocycles. The molecule has 5 nitrogen and oxygen atoms in total. The summed E-state index contributed by atoms with van der Waals surface area (Å²) in [6, 6.07) is 9.47. The Labute approximate surface area is 167 Å². The summed E-state index contributed by atoms with van der Waals surface area (Å²) in [5.41, 5.74) is 1.17. The van der Waals surface area contributed by atoms with Crippen molar-refractivity contribution in [3.63, 3.8) is 0 Å². The Hall–Kier alpha value is -2.67. The Kier molecular flexibility index (Phi) is 4.93. The van der Waals surface area contributed by atoms with Crippen molar-refractivity contribution in [2.45, 2.75) is 26.4 Å². The molecular formula is C21H22FN3O2S. The van der Waals surface area contributed by atoms with Gasteiger partial charge in [-0.2, -0.15) is 0 Å². The lowest BCUT2D eigenvalue weighted by molar-refractivity contribution is 0.0409. The number of aryl methyl sites for hydroxylation is 1. The summed E-state index contributed by atoms with van der Waals surface area (Å²) >= 11 is 1.64. The van der Waals surface area contributed by atoms with E-state index in [2.05, 4.69) is 4.57 Å². The van der Waals surface area contributed by atoms with Crippen LogP contribution >= 0.6 is 11.3 Å². The van der Waals surface area contributed by atoms with E-state index in [9.17, 15) is 14.0 Å². The third-order valence-corrected chi connectivity index (χ3v) is 6.26. The van der Waals surface area contributed by atoms with Crippen LogP contribution in [0.1, 0.15) is 34.7 Å². The summed E-state index contributed by atoms with van der Waals surface area (Å²) < 4.78 is 15.2. The van der Waals surface area contributed by atoms with Crippen molar-refractivity contribution in [3.8, 4) is 0 Å². The summed E-state index contributed by atoms with van der Waals surface area (Å²) in [5.74, 6) is -0.484. The molecule has 28 heavy (non-hydrogen) atoms. The van der Waals surface area contributed by atoms with Gasteiger partial charge in [-0.05, 0) is 55.6 Å². The van der Waals surface area contributed by atoms with Gasteiger partial charge in [0.15, 0.2) is 0 Å². The highest BCUT2D eigenvalue weighted by molar-refractivity contribution is 7.16. The fraction of sp³-hybridized carbons (Fsp3) is 0.333. The van der Waals surface area contributed by atoms with Gasteiger partial charge in [0.2, 0.25) is 0 Å². The molecule has 1 aliphatic rings. The SMILES string of the molecule is CCn1c(C(=O)N2CCN(C(=O)c3ccc(F)cc3)[C@H](C)C2)cc2ccsc21. The second-order valence-electron chi connectivity index (χ2n) is 7.06. The highest BCUT2D eigenvalue weighted by Gasteiger charge is 2.32. The average Bonchev–Trinajstić information content (AvgIpc) is 3.28. The molecule has 0 unspecified atom stereocenters. The predicted molar refractivity (Wildman–Crippen MR) is 108 cm³/mol. The Morgan fingerprint density at radius 3 is 2.57 bits per heavy atom. The van der Waals surface area contributed by atoms with E-state index in [1.54, 1.807) is 16.2 Å². The smallest absolute Gasteiger partial charge is 0.270 e. The summed E-state index contributed by atoms with van der Waals surface area (Å²) in [4.78, 5) is 30.6. The van der Waals surface area contributed by atoms with E-state index in [1.807, 2.05) is 36.3 Å². The number of carbonyl (C=O) groups is 2. The second kappa shape index (κ2) is 7.39. The molecule has 1 aliphatic heterocycles. The number of nitrogens with zero attached hydrogens (tertiary/aromatic N) is 3. The van der Waals surface area contributed by atoms with Gasteiger partial charge < -0.3 is 14.4 Å². The summed E-state index contributed by atoms with van der Waals surface area (Å²) in [6.45, 7) is 6.15. The van der Waals surface area contributed by atoms with Crippen LogP contribution in [0.4, 0.5) is 4.39 Å². The van der Waals surface area contributed by atoms with Gasteiger partial charge in [-0.3, -0.25) is 9.59 Å². The van der Waals surface area contributed by atoms with Crippen LogP contribution in [0.3, 0.4) is 0 Å². The molecule has 0 N–H and O–H groups in total. The zero-order valence-corrected chi connectivity index (χ0v) is 16.7. The van der Waals surface area contributed by atoms with E-state index in [4.69, 9.17) is 0 Å². The Bertz CT molecular complexity index is 1020. The first-order chi connectivity index (χ1) is 13.5. The Balaban J connectivity index is 1.50. The molecule has 1 saturated heterocycles. The van der Waals surface area contributed by atoms with Crippen molar-refractivity contribution in [2.24, 2.45) is 0 Å². The van der Waals surface area contributed by atoms with Crippen molar-refractivity contribution >= 4 is 33.4 Å².